The Morgan fingerprint density at radius 1 is 1.31 bits per heavy atom. The monoisotopic (exact) mass is 218 g/mol. The van der Waals surface area contributed by atoms with Gasteiger partial charge in [-0.3, -0.25) is 4.79 Å². The van der Waals surface area contributed by atoms with Gasteiger partial charge < -0.3 is 4.74 Å². The highest BCUT2D eigenvalue weighted by Gasteiger charge is 2.44. The summed E-state index contributed by atoms with van der Waals surface area (Å²) in [7, 11) is 0. The van der Waals surface area contributed by atoms with Crippen LogP contribution < -0.4 is 0 Å². The minimum atomic E-state index is -0.0351. The molecule has 0 radical (unpaired) electrons. The van der Waals surface area contributed by atoms with Crippen LogP contribution in [-0.4, -0.2) is 12.6 Å². The van der Waals surface area contributed by atoms with E-state index in [9.17, 15) is 4.79 Å². The highest BCUT2D eigenvalue weighted by atomic mass is 16.5. The molecule has 1 saturated carbocycles. The average Bonchev–Trinajstić information content (AvgIpc) is 3.09. The third-order valence-electron chi connectivity index (χ3n) is 3.20. The summed E-state index contributed by atoms with van der Waals surface area (Å²) in [6, 6.07) is 8.58. The van der Waals surface area contributed by atoms with Crippen LogP contribution in [0, 0.1) is 5.92 Å². The molecule has 2 nitrogen and oxygen atoms in total. The molecule has 0 amide bonds. The van der Waals surface area contributed by atoms with Crippen molar-refractivity contribution >= 4 is 5.97 Å². The topological polar surface area (TPSA) is 26.3 Å². The van der Waals surface area contributed by atoms with E-state index in [0.29, 0.717) is 12.5 Å². The fraction of sp³-hybridized carbons (Fsp3) is 0.500. The average molecular weight is 218 g/mol. The Balaban J connectivity index is 1.97. The first-order chi connectivity index (χ1) is 7.76. The van der Waals surface area contributed by atoms with Crippen molar-refractivity contribution in [2.24, 2.45) is 5.92 Å². The number of carbonyl (C=O) groups excluding carboxylic acids is 1. The van der Waals surface area contributed by atoms with Crippen LogP contribution in [-0.2, 0) is 16.0 Å². The van der Waals surface area contributed by atoms with Gasteiger partial charge in [0.15, 0.2) is 0 Å². The standard InChI is InChI=1S/C14H18O2/c1-3-10-5-7-11(8-6-10)12-9-13(12)14(15)16-4-2/h5-8,12-13H,3-4,9H2,1-2H3. The molecule has 86 valence electrons. The first-order valence-corrected chi connectivity index (χ1v) is 6.01. The highest BCUT2D eigenvalue weighted by Crippen LogP contribution is 2.48. The zero-order valence-electron chi connectivity index (χ0n) is 9.90. The lowest BCUT2D eigenvalue weighted by Gasteiger charge is -2.02. The first kappa shape index (κ1) is 11.2. The van der Waals surface area contributed by atoms with Gasteiger partial charge in [0.25, 0.3) is 0 Å². The summed E-state index contributed by atoms with van der Waals surface area (Å²) < 4.78 is 5.02. The van der Waals surface area contributed by atoms with Crippen LogP contribution in [0.4, 0.5) is 0 Å². The van der Waals surface area contributed by atoms with Crippen molar-refractivity contribution in [2.75, 3.05) is 6.61 Å². The molecule has 0 saturated heterocycles. The Hall–Kier alpha value is -1.31. The lowest BCUT2D eigenvalue weighted by atomic mass is 10.1. The molecule has 0 N–H and O–H groups in total. The van der Waals surface area contributed by atoms with Crippen LogP contribution in [0.2, 0.25) is 0 Å². The molecule has 1 aliphatic rings. The van der Waals surface area contributed by atoms with Crippen molar-refractivity contribution in [1.82, 2.24) is 0 Å². The van der Waals surface area contributed by atoms with Gasteiger partial charge in [-0.2, -0.15) is 0 Å². The smallest absolute Gasteiger partial charge is 0.309 e. The van der Waals surface area contributed by atoms with E-state index < -0.39 is 0 Å². The molecule has 16 heavy (non-hydrogen) atoms. The highest BCUT2D eigenvalue weighted by molar-refractivity contribution is 5.77. The van der Waals surface area contributed by atoms with E-state index in [1.54, 1.807) is 0 Å². The van der Waals surface area contributed by atoms with E-state index in [1.165, 1.54) is 11.1 Å². The Morgan fingerprint density at radius 3 is 2.56 bits per heavy atom. The molecule has 0 aliphatic heterocycles. The summed E-state index contributed by atoms with van der Waals surface area (Å²) in [4.78, 5) is 11.5. The van der Waals surface area contributed by atoms with Crippen molar-refractivity contribution in [1.29, 1.82) is 0 Å². The zero-order valence-corrected chi connectivity index (χ0v) is 9.90. The van der Waals surface area contributed by atoms with Crippen LogP contribution in [0.3, 0.4) is 0 Å². The van der Waals surface area contributed by atoms with Crippen molar-refractivity contribution in [3.63, 3.8) is 0 Å². The predicted molar refractivity (Wildman–Crippen MR) is 63.3 cm³/mol. The van der Waals surface area contributed by atoms with Gasteiger partial charge in [-0.25, -0.2) is 0 Å². The van der Waals surface area contributed by atoms with Gasteiger partial charge in [-0.15, -0.1) is 0 Å². The maximum absolute atomic E-state index is 11.5. The van der Waals surface area contributed by atoms with E-state index in [-0.39, 0.29) is 11.9 Å². The molecule has 0 aromatic heterocycles. The molecule has 0 heterocycles. The normalized spacial score (nSPS) is 22.9. The lowest BCUT2D eigenvalue weighted by Crippen LogP contribution is -2.07. The van der Waals surface area contributed by atoms with Crippen molar-refractivity contribution < 1.29 is 9.53 Å². The number of carbonyl (C=O) groups is 1. The molecule has 2 unspecified atom stereocenters. The fourth-order valence-corrected chi connectivity index (χ4v) is 2.07. The Kier molecular flexibility index (Phi) is 3.28. The third kappa shape index (κ3) is 2.26. The Morgan fingerprint density at radius 2 is 2.00 bits per heavy atom. The van der Waals surface area contributed by atoms with Crippen LogP contribution in [0.15, 0.2) is 24.3 Å². The van der Waals surface area contributed by atoms with Crippen LogP contribution in [0.25, 0.3) is 0 Å². The SMILES string of the molecule is CCOC(=O)C1CC1c1ccc(CC)cc1. The lowest BCUT2D eigenvalue weighted by molar-refractivity contribution is -0.144. The minimum absolute atomic E-state index is 0.0351. The maximum Gasteiger partial charge on any atom is 0.309 e. The number of hydrogen-bond donors (Lipinski definition) is 0. The summed E-state index contributed by atoms with van der Waals surface area (Å²) in [5.74, 6) is 0.462. The van der Waals surface area contributed by atoms with E-state index in [2.05, 4.69) is 31.2 Å². The molecule has 1 aromatic carbocycles. The number of rotatable bonds is 4. The van der Waals surface area contributed by atoms with E-state index in [4.69, 9.17) is 4.74 Å². The van der Waals surface area contributed by atoms with Gasteiger partial charge in [0.05, 0.1) is 12.5 Å². The summed E-state index contributed by atoms with van der Waals surface area (Å²) in [6.45, 7) is 4.48. The third-order valence-corrected chi connectivity index (χ3v) is 3.20. The molecular formula is C14H18O2. The van der Waals surface area contributed by atoms with Gasteiger partial charge in [-0.05, 0) is 36.8 Å². The number of esters is 1. The largest absolute Gasteiger partial charge is 0.466 e. The van der Waals surface area contributed by atoms with Gasteiger partial charge in [0.1, 0.15) is 0 Å². The molecule has 0 bridgehead atoms. The van der Waals surface area contributed by atoms with Gasteiger partial charge in [0.2, 0.25) is 0 Å². The summed E-state index contributed by atoms with van der Waals surface area (Å²) in [5, 5.41) is 0. The summed E-state index contributed by atoms with van der Waals surface area (Å²) in [5.41, 5.74) is 2.62. The van der Waals surface area contributed by atoms with Crippen LogP contribution in [0.5, 0.6) is 0 Å². The number of hydrogen-bond acceptors (Lipinski definition) is 2. The van der Waals surface area contributed by atoms with E-state index >= 15 is 0 Å². The van der Waals surface area contributed by atoms with Gasteiger partial charge >= 0.3 is 5.97 Å². The number of ether oxygens (including phenoxy) is 1. The second-order valence-corrected chi connectivity index (χ2v) is 4.30. The second-order valence-electron chi connectivity index (χ2n) is 4.30. The Labute approximate surface area is 96.6 Å². The molecule has 1 aromatic rings. The van der Waals surface area contributed by atoms with Crippen LogP contribution in [0.1, 0.15) is 37.3 Å². The predicted octanol–water partition coefficient (Wildman–Crippen LogP) is 2.92. The molecular weight excluding hydrogens is 200 g/mol. The van der Waals surface area contributed by atoms with Crippen molar-refractivity contribution in [2.45, 2.75) is 32.6 Å². The van der Waals surface area contributed by atoms with E-state index in [0.717, 1.165) is 12.8 Å². The molecule has 2 heteroatoms. The van der Waals surface area contributed by atoms with Crippen molar-refractivity contribution in [3.05, 3.63) is 35.4 Å². The van der Waals surface area contributed by atoms with E-state index in [1.807, 2.05) is 6.92 Å². The van der Waals surface area contributed by atoms with Crippen molar-refractivity contribution in [3.8, 4) is 0 Å². The minimum Gasteiger partial charge on any atom is -0.466 e. The molecule has 1 fully saturated rings. The van der Waals surface area contributed by atoms with Gasteiger partial charge in [-0.1, -0.05) is 31.2 Å². The first-order valence-electron chi connectivity index (χ1n) is 6.01. The number of aryl methyl sites for hydroxylation is 1. The molecule has 2 atom stereocenters. The second kappa shape index (κ2) is 4.69. The van der Waals surface area contributed by atoms with Gasteiger partial charge in [0, 0.05) is 0 Å². The Bertz CT molecular complexity index is 367. The molecule has 2 rings (SSSR count). The molecule has 0 spiro atoms. The fourth-order valence-electron chi connectivity index (χ4n) is 2.07. The summed E-state index contributed by atoms with van der Waals surface area (Å²) >= 11 is 0. The molecule has 1 aliphatic carbocycles. The quantitative estimate of drug-likeness (QED) is 0.726. The number of benzene rings is 1. The maximum atomic E-state index is 11.5. The summed E-state index contributed by atoms with van der Waals surface area (Å²) in [6.07, 6.45) is 2.01. The van der Waals surface area contributed by atoms with Crippen LogP contribution >= 0.6 is 0 Å². The zero-order chi connectivity index (χ0) is 11.5.